The molecule has 19 heavy (non-hydrogen) atoms. The molecule has 0 aromatic carbocycles. The molecule has 1 aliphatic rings. The van der Waals surface area contributed by atoms with Crippen LogP contribution in [0.5, 0.6) is 0 Å². The molecule has 104 valence electrons. The Morgan fingerprint density at radius 1 is 1.42 bits per heavy atom. The maximum absolute atomic E-state index is 12.1. The summed E-state index contributed by atoms with van der Waals surface area (Å²) in [5, 5.41) is 2.83. The quantitative estimate of drug-likeness (QED) is 0.839. The van der Waals surface area contributed by atoms with Crippen molar-refractivity contribution < 1.29 is 4.79 Å². The number of halogens is 1. The van der Waals surface area contributed by atoms with Gasteiger partial charge in [-0.15, -0.1) is 0 Å². The van der Waals surface area contributed by atoms with Crippen LogP contribution in [0.1, 0.15) is 32.6 Å². The van der Waals surface area contributed by atoms with Gasteiger partial charge in [-0.25, -0.2) is 4.98 Å². The predicted octanol–water partition coefficient (Wildman–Crippen LogP) is 2.94. The molecule has 0 saturated heterocycles. The number of anilines is 1. The van der Waals surface area contributed by atoms with Crippen molar-refractivity contribution in [3.63, 3.8) is 0 Å². The molecule has 2 rings (SSSR count). The van der Waals surface area contributed by atoms with Crippen molar-refractivity contribution in [2.75, 3.05) is 5.32 Å². The summed E-state index contributed by atoms with van der Waals surface area (Å²) in [5.41, 5.74) is 6.76. The van der Waals surface area contributed by atoms with E-state index in [0.29, 0.717) is 11.6 Å². The highest BCUT2D eigenvalue weighted by molar-refractivity contribution is 9.10. The van der Waals surface area contributed by atoms with E-state index in [-0.39, 0.29) is 5.91 Å². The van der Waals surface area contributed by atoms with Gasteiger partial charge >= 0.3 is 0 Å². The van der Waals surface area contributed by atoms with Gasteiger partial charge in [0.2, 0.25) is 5.91 Å². The Bertz CT molecular complexity index is 427. The second-order valence-electron chi connectivity index (χ2n) is 5.40. The molecule has 1 amide bonds. The molecule has 1 unspecified atom stereocenters. The summed E-state index contributed by atoms with van der Waals surface area (Å²) >= 11 is 3.26. The number of rotatable bonds is 3. The number of hydrogen-bond donors (Lipinski definition) is 2. The monoisotopic (exact) mass is 325 g/mol. The van der Waals surface area contributed by atoms with E-state index in [1.165, 1.54) is 12.8 Å². The van der Waals surface area contributed by atoms with Gasteiger partial charge in [0, 0.05) is 0 Å². The van der Waals surface area contributed by atoms with Gasteiger partial charge in [-0.2, -0.15) is 0 Å². The maximum atomic E-state index is 12.1. The lowest BCUT2D eigenvalue weighted by Crippen LogP contribution is -2.43. The summed E-state index contributed by atoms with van der Waals surface area (Å²) in [7, 11) is 0. The first-order valence-electron chi connectivity index (χ1n) is 6.74. The van der Waals surface area contributed by atoms with Crippen LogP contribution in [0.25, 0.3) is 0 Å². The van der Waals surface area contributed by atoms with Crippen molar-refractivity contribution >= 4 is 27.5 Å². The fourth-order valence-electron chi connectivity index (χ4n) is 2.53. The number of pyridine rings is 1. The molecule has 0 spiro atoms. The molecular weight excluding hydrogens is 306 g/mol. The van der Waals surface area contributed by atoms with Crippen LogP contribution in [0.3, 0.4) is 0 Å². The van der Waals surface area contributed by atoms with Gasteiger partial charge in [-0.3, -0.25) is 4.79 Å². The summed E-state index contributed by atoms with van der Waals surface area (Å²) < 4.78 is 0.746. The Kier molecular flexibility index (Phi) is 4.93. The standard InChI is InChI=1S/C14H20BrN3O/c1-9-2-4-10(5-3-9)13(16)14(19)18-11-6-7-12(15)17-8-11/h6-10,13H,2-5,16H2,1H3,(H,18,19). The first-order valence-corrected chi connectivity index (χ1v) is 7.53. The number of nitrogens with zero attached hydrogens (tertiary/aromatic N) is 1. The van der Waals surface area contributed by atoms with Crippen LogP contribution in [0.4, 0.5) is 5.69 Å². The van der Waals surface area contributed by atoms with Crippen molar-refractivity contribution in [1.82, 2.24) is 4.98 Å². The molecule has 0 bridgehead atoms. The van der Waals surface area contributed by atoms with Gasteiger partial charge in [0.1, 0.15) is 4.60 Å². The third-order valence-corrected chi connectivity index (χ3v) is 4.34. The number of carbonyl (C=O) groups excluding carboxylic acids is 1. The summed E-state index contributed by atoms with van der Waals surface area (Å²) in [6.07, 6.45) is 6.07. The van der Waals surface area contributed by atoms with Gasteiger partial charge in [0.25, 0.3) is 0 Å². The normalized spacial score (nSPS) is 24.8. The number of amides is 1. The van der Waals surface area contributed by atoms with E-state index in [1.807, 2.05) is 6.07 Å². The Morgan fingerprint density at radius 2 is 2.11 bits per heavy atom. The van der Waals surface area contributed by atoms with E-state index in [1.54, 1.807) is 12.3 Å². The molecule has 1 aromatic heterocycles. The van der Waals surface area contributed by atoms with Crippen LogP contribution >= 0.6 is 15.9 Å². The number of aromatic nitrogens is 1. The summed E-state index contributed by atoms with van der Waals surface area (Å²) in [4.78, 5) is 16.2. The highest BCUT2D eigenvalue weighted by Crippen LogP contribution is 2.30. The lowest BCUT2D eigenvalue weighted by Gasteiger charge is -2.29. The third-order valence-electron chi connectivity index (χ3n) is 3.87. The molecule has 0 radical (unpaired) electrons. The van der Waals surface area contributed by atoms with Crippen LogP contribution in [0.15, 0.2) is 22.9 Å². The second kappa shape index (κ2) is 6.48. The molecule has 5 heteroatoms. The number of nitrogens with one attached hydrogen (secondary N) is 1. The molecule has 3 N–H and O–H groups in total. The zero-order valence-electron chi connectivity index (χ0n) is 11.1. The van der Waals surface area contributed by atoms with Gasteiger partial charge in [-0.05, 0) is 52.7 Å². The lowest BCUT2D eigenvalue weighted by atomic mass is 9.79. The number of hydrogen-bond acceptors (Lipinski definition) is 3. The number of carbonyl (C=O) groups is 1. The zero-order chi connectivity index (χ0) is 13.8. The van der Waals surface area contributed by atoms with E-state index < -0.39 is 6.04 Å². The average molecular weight is 326 g/mol. The van der Waals surface area contributed by atoms with Gasteiger partial charge in [0.15, 0.2) is 0 Å². The van der Waals surface area contributed by atoms with E-state index in [2.05, 4.69) is 33.2 Å². The Balaban J connectivity index is 1.90. The Labute approximate surface area is 122 Å². The molecule has 1 atom stereocenters. The molecule has 1 aliphatic carbocycles. The summed E-state index contributed by atoms with van der Waals surface area (Å²) in [5.74, 6) is 0.963. The van der Waals surface area contributed by atoms with E-state index in [0.717, 1.165) is 23.4 Å². The van der Waals surface area contributed by atoms with Crippen LogP contribution in [-0.2, 0) is 4.79 Å². The van der Waals surface area contributed by atoms with Gasteiger partial charge in [0.05, 0.1) is 17.9 Å². The third kappa shape index (κ3) is 4.01. The van der Waals surface area contributed by atoms with Crippen LogP contribution < -0.4 is 11.1 Å². The van der Waals surface area contributed by atoms with Crippen LogP contribution in [0, 0.1) is 11.8 Å². The Morgan fingerprint density at radius 3 is 2.68 bits per heavy atom. The predicted molar refractivity (Wildman–Crippen MR) is 79.7 cm³/mol. The van der Waals surface area contributed by atoms with Crippen molar-refractivity contribution in [3.8, 4) is 0 Å². The second-order valence-corrected chi connectivity index (χ2v) is 6.22. The highest BCUT2D eigenvalue weighted by atomic mass is 79.9. The van der Waals surface area contributed by atoms with E-state index in [4.69, 9.17) is 5.73 Å². The minimum Gasteiger partial charge on any atom is -0.323 e. The van der Waals surface area contributed by atoms with Gasteiger partial charge < -0.3 is 11.1 Å². The first kappa shape index (κ1) is 14.5. The molecule has 4 nitrogen and oxygen atoms in total. The lowest BCUT2D eigenvalue weighted by molar-refractivity contribution is -0.118. The summed E-state index contributed by atoms with van der Waals surface area (Å²) in [6, 6.07) is 3.18. The molecule has 1 fully saturated rings. The average Bonchev–Trinajstić information content (AvgIpc) is 2.41. The van der Waals surface area contributed by atoms with E-state index >= 15 is 0 Å². The molecule has 1 aromatic rings. The highest BCUT2D eigenvalue weighted by Gasteiger charge is 2.28. The molecule has 1 heterocycles. The van der Waals surface area contributed by atoms with Crippen molar-refractivity contribution in [3.05, 3.63) is 22.9 Å². The smallest absolute Gasteiger partial charge is 0.241 e. The Hall–Kier alpha value is -0.940. The molecule has 0 aliphatic heterocycles. The van der Waals surface area contributed by atoms with Crippen molar-refractivity contribution in [2.45, 2.75) is 38.6 Å². The minimum atomic E-state index is -0.420. The van der Waals surface area contributed by atoms with Gasteiger partial charge in [-0.1, -0.05) is 19.8 Å². The topological polar surface area (TPSA) is 68.0 Å². The largest absolute Gasteiger partial charge is 0.323 e. The van der Waals surface area contributed by atoms with Crippen molar-refractivity contribution in [1.29, 1.82) is 0 Å². The SMILES string of the molecule is CC1CCC(C(N)C(=O)Nc2ccc(Br)nc2)CC1. The minimum absolute atomic E-state index is 0.108. The van der Waals surface area contributed by atoms with E-state index in [9.17, 15) is 4.79 Å². The molecular formula is C14H20BrN3O. The maximum Gasteiger partial charge on any atom is 0.241 e. The van der Waals surface area contributed by atoms with Crippen LogP contribution in [-0.4, -0.2) is 16.9 Å². The molecule has 1 saturated carbocycles. The fraction of sp³-hybridized carbons (Fsp3) is 0.571. The first-order chi connectivity index (χ1) is 9.06. The zero-order valence-corrected chi connectivity index (χ0v) is 12.7. The summed E-state index contributed by atoms with van der Waals surface area (Å²) in [6.45, 7) is 2.26. The number of nitrogens with two attached hydrogens (primary N) is 1. The fourth-order valence-corrected chi connectivity index (χ4v) is 2.77. The van der Waals surface area contributed by atoms with Crippen molar-refractivity contribution in [2.24, 2.45) is 17.6 Å². The van der Waals surface area contributed by atoms with Crippen LogP contribution in [0.2, 0.25) is 0 Å².